The van der Waals surface area contributed by atoms with Crippen LogP contribution in [0.1, 0.15) is 36.9 Å². The molecule has 0 fully saturated rings. The van der Waals surface area contributed by atoms with Crippen LogP contribution in [0.2, 0.25) is 0 Å². The highest BCUT2D eigenvalue weighted by Crippen LogP contribution is 2.34. The van der Waals surface area contributed by atoms with E-state index in [1.165, 1.54) is 6.07 Å². The predicted molar refractivity (Wildman–Crippen MR) is 68.8 cm³/mol. The molecule has 0 aromatic heterocycles. The van der Waals surface area contributed by atoms with Gasteiger partial charge in [0, 0.05) is 16.9 Å². The fourth-order valence-corrected chi connectivity index (χ4v) is 2.05. The molecule has 98 valence electrons. The van der Waals surface area contributed by atoms with E-state index in [2.05, 4.69) is 27.8 Å². The highest BCUT2D eigenvalue weighted by molar-refractivity contribution is 9.10. The number of benzene rings is 1. The van der Waals surface area contributed by atoms with Gasteiger partial charge in [-0.3, -0.25) is 0 Å². The summed E-state index contributed by atoms with van der Waals surface area (Å²) in [7, 11) is 0. The standard InChI is InChI=1S/C13H13BrF3N/c1-2-3-4-5-12(18)10-8-9(13(15,16)17)6-7-11(10)14/h6-8,12H,4-5,18H2,1H3. The predicted octanol–water partition coefficient (Wildman–Crippen LogP) is 4.27. The normalized spacial score (nSPS) is 12.8. The van der Waals surface area contributed by atoms with Gasteiger partial charge < -0.3 is 5.73 Å². The molecule has 1 atom stereocenters. The zero-order valence-electron chi connectivity index (χ0n) is 9.81. The third-order valence-corrected chi connectivity index (χ3v) is 3.20. The lowest BCUT2D eigenvalue weighted by Gasteiger charge is -2.15. The Labute approximate surface area is 113 Å². The van der Waals surface area contributed by atoms with Crippen molar-refractivity contribution in [3.05, 3.63) is 33.8 Å². The van der Waals surface area contributed by atoms with Gasteiger partial charge in [0.2, 0.25) is 0 Å². The molecular weight excluding hydrogens is 307 g/mol. The van der Waals surface area contributed by atoms with Gasteiger partial charge in [0.15, 0.2) is 0 Å². The fraction of sp³-hybridized carbons (Fsp3) is 0.385. The number of rotatable bonds is 3. The first-order valence-electron chi connectivity index (χ1n) is 5.38. The van der Waals surface area contributed by atoms with Crippen LogP contribution in [0, 0.1) is 11.8 Å². The monoisotopic (exact) mass is 319 g/mol. The van der Waals surface area contributed by atoms with Gasteiger partial charge in [0.1, 0.15) is 0 Å². The SMILES string of the molecule is CC#CCCC(N)c1cc(C(F)(F)F)ccc1Br. The van der Waals surface area contributed by atoms with Crippen LogP contribution in [0.3, 0.4) is 0 Å². The second kappa shape index (κ2) is 6.26. The van der Waals surface area contributed by atoms with E-state index in [1.54, 1.807) is 6.92 Å². The summed E-state index contributed by atoms with van der Waals surface area (Å²) in [6, 6.07) is 3.05. The molecule has 2 N–H and O–H groups in total. The molecule has 0 amide bonds. The molecule has 0 spiro atoms. The van der Waals surface area contributed by atoms with Gasteiger partial charge in [0.05, 0.1) is 5.56 Å². The number of hydrogen-bond acceptors (Lipinski definition) is 1. The molecule has 0 saturated carbocycles. The van der Waals surface area contributed by atoms with Crippen LogP contribution >= 0.6 is 15.9 Å². The first-order chi connectivity index (χ1) is 8.36. The van der Waals surface area contributed by atoms with Crippen molar-refractivity contribution in [3.63, 3.8) is 0 Å². The van der Waals surface area contributed by atoms with Crippen LogP contribution in [0.25, 0.3) is 0 Å². The molecule has 0 bridgehead atoms. The summed E-state index contributed by atoms with van der Waals surface area (Å²) in [5.41, 5.74) is 5.66. The average molecular weight is 320 g/mol. The highest BCUT2D eigenvalue weighted by Gasteiger charge is 2.31. The third-order valence-electron chi connectivity index (χ3n) is 2.48. The molecule has 0 aliphatic carbocycles. The smallest absolute Gasteiger partial charge is 0.324 e. The van der Waals surface area contributed by atoms with Crippen LogP contribution in [0.5, 0.6) is 0 Å². The topological polar surface area (TPSA) is 26.0 Å². The fourth-order valence-electron chi connectivity index (χ4n) is 1.51. The van der Waals surface area contributed by atoms with Gasteiger partial charge in [0.25, 0.3) is 0 Å². The molecule has 0 heterocycles. The van der Waals surface area contributed by atoms with Gasteiger partial charge in [-0.15, -0.1) is 11.8 Å². The van der Waals surface area contributed by atoms with Crippen LogP contribution < -0.4 is 5.73 Å². The van der Waals surface area contributed by atoms with E-state index in [9.17, 15) is 13.2 Å². The number of alkyl halides is 3. The molecule has 0 radical (unpaired) electrons. The average Bonchev–Trinajstić information content (AvgIpc) is 2.28. The number of halogens is 4. The molecule has 1 aromatic carbocycles. The second-order valence-corrected chi connectivity index (χ2v) is 4.66. The van der Waals surface area contributed by atoms with E-state index in [-0.39, 0.29) is 0 Å². The first-order valence-corrected chi connectivity index (χ1v) is 6.17. The van der Waals surface area contributed by atoms with Crippen molar-refractivity contribution in [2.24, 2.45) is 5.73 Å². The summed E-state index contributed by atoms with van der Waals surface area (Å²) >= 11 is 3.22. The maximum absolute atomic E-state index is 12.6. The Morgan fingerprint density at radius 1 is 1.39 bits per heavy atom. The van der Waals surface area contributed by atoms with E-state index in [0.717, 1.165) is 12.1 Å². The van der Waals surface area contributed by atoms with Crippen LogP contribution in [-0.2, 0) is 6.18 Å². The van der Waals surface area contributed by atoms with Crippen molar-refractivity contribution >= 4 is 15.9 Å². The van der Waals surface area contributed by atoms with Gasteiger partial charge in [-0.1, -0.05) is 15.9 Å². The van der Waals surface area contributed by atoms with Gasteiger partial charge >= 0.3 is 6.18 Å². The highest BCUT2D eigenvalue weighted by atomic mass is 79.9. The maximum Gasteiger partial charge on any atom is 0.416 e. The molecule has 18 heavy (non-hydrogen) atoms. The summed E-state index contributed by atoms with van der Waals surface area (Å²) in [5, 5.41) is 0. The molecule has 1 rings (SSSR count). The zero-order valence-corrected chi connectivity index (χ0v) is 11.4. The Morgan fingerprint density at radius 2 is 2.06 bits per heavy atom. The Kier molecular flexibility index (Phi) is 5.24. The minimum Gasteiger partial charge on any atom is -0.324 e. The lowest BCUT2D eigenvalue weighted by atomic mass is 10.0. The van der Waals surface area contributed by atoms with Crippen molar-refractivity contribution in [1.29, 1.82) is 0 Å². The summed E-state index contributed by atoms with van der Waals surface area (Å²) in [6.07, 6.45) is -3.25. The maximum atomic E-state index is 12.6. The van der Waals surface area contributed by atoms with E-state index in [0.29, 0.717) is 22.9 Å². The van der Waals surface area contributed by atoms with Crippen molar-refractivity contribution in [3.8, 4) is 11.8 Å². The molecule has 0 aliphatic heterocycles. The van der Waals surface area contributed by atoms with E-state index < -0.39 is 17.8 Å². The Hall–Kier alpha value is -0.990. The molecule has 0 aliphatic rings. The van der Waals surface area contributed by atoms with Gasteiger partial charge in [-0.2, -0.15) is 13.2 Å². The molecule has 5 heteroatoms. The van der Waals surface area contributed by atoms with Gasteiger partial charge in [-0.05, 0) is 37.1 Å². The molecule has 1 unspecified atom stereocenters. The largest absolute Gasteiger partial charge is 0.416 e. The first kappa shape index (κ1) is 15.1. The minimum atomic E-state index is -4.35. The quantitative estimate of drug-likeness (QED) is 0.827. The Bertz CT molecular complexity index is 471. The van der Waals surface area contributed by atoms with Crippen molar-refractivity contribution in [2.45, 2.75) is 32.0 Å². The van der Waals surface area contributed by atoms with Crippen LogP contribution in [0.15, 0.2) is 22.7 Å². The van der Waals surface area contributed by atoms with E-state index in [4.69, 9.17) is 5.73 Å². The lowest BCUT2D eigenvalue weighted by molar-refractivity contribution is -0.137. The van der Waals surface area contributed by atoms with Crippen LogP contribution in [0.4, 0.5) is 13.2 Å². The van der Waals surface area contributed by atoms with Crippen molar-refractivity contribution in [1.82, 2.24) is 0 Å². The molecule has 1 nitrogen and oxygen atoms in total. The minimum absolute atomic E-state index is 0.456. The molecular formula is C13H13BrF3N. The molecule has 1 aromatic rings. The second-order valence-electron chi connectivity index (χ2n) is 3.81. The lowest BCUT2D eigenvalue weighted by Crippen LogP contribution is -2.13. The summed E-state index contributed by atoms with van der Waals surface area (Å²) in [5.74, 6) is 5.57. The molecule has 0 saturated heterocycles. The van der Waals surface area contributed by atoms with Crippen molar-refractivity contribution < 1.29 is 13.2 Å². The summed E-state index contributed by atoms with van der Waals surface area (Å²) < 4.78 is 38.4. The number of nitrogens with two attached hydrogens (primary N) is 1. The Balaban J connectivity index is 2.95. The third kappa shape index (κ3) is 4.04. The van der Waals surface area contributed by atoms with E-state index >= 15 is 0 Å². The summed E-state index contributed by atoms with van der Waals surface area (Å²) in [6.45, 7) is 1.71. The summed E-state index contributed by atoms with van der Waals surface area (Å²) in [4.78, 5) is 0. The number of hydrogen-bond donors (Lipinski definition) is 1. The van der Waals surface area contributed by atoms with E-state index in [1.807, 2.05) is 0 Å². The van der Waals surface area contributed by atoms with Crippen LogP contribution in [-0.4, -0.2) is 0 Å². The zero-order chi connectivity index (χ0) is 13.8. The Morgan fingerprint density at radius 3 is 2.61 bits per heavy atom. The van der Waals surface area contributed by atoms with Gasteiger partial charge in [-0.25, -0.2) is 0 Å². The van der Waals surface area contributed by atoms with Crippen molar-refractivity contribution in [2.75, 3.05) is 0 Å².